The summed E-state index contributed by atoms with van der Waals surface area (Å²) in [5.74, 6) is -2.97. The molecule has 4 aromatic carbocycles. The SMILES string of the molecule is C=C(CBr)c1c(C)n(Cc2c(F)cccc2F)c(=O)n(C[C@H](NC)c2ccccc2)c1=O.C=C(OCC)c1c(C)n(Cc2c(F)cccc2F)c(=O)n(C[C@H](NC)c2ccccc2)c1=O.[B]=NS. The van der Waals surface area contributed by atoms with E-state index in [9.17, 15) is 36.7 Å². The fourth-order valence-electron chi connectivity index (χ4n) is 7.48. The molecule has 0 aliphatic carbocycles. The van der Waals surface area contributed by atoms with Gasteiger partial charge in [-0.15, -0.1) is 0 Å². The average molecular weight is 1020 g/mol. The zero-order valence-electron chi connectivity index (χ0n) is 38.2. The van der Waals surface area contributed by atoms with E-state index < -0.39 is 45.8 Å². The summed E-state index contributed by atoms with van der Waals surface area (Å²) in [4.78, 5) is 53.5. The summed E-state index contributed by atoms with van der Waals surface area (Å²) in [5, 5.41) is 6.55. The van der Waals surface area contributed by atoms with Gasteiger partial charge in [0.1, 0.15) is 34.6 Å². The van der Waals surface area contributed by atoms with Gasteiger partial charge in [-0.1, -0.05) is 102 Å². The van der Waals surface area contributed by atoms with Gasteiger partial charge in [-0.25, -0.2) is 27.2 Å². The minimum absolute atomic E-state index is 0.00458. The average Bonchev–Trinajstić information content (AvgIpc) is 3.32. The van der Waals surface area contributed by atoms with Gasteiger partial charge in [0.05, 0.1) is 50.4 Å². The van der Waals surface area contributed by atoms with Crippen molar-refractivity contribution < 1.29 is 22.3 Å². The Hall–Kier alpha value is -6.15. The van der Waals surface area contributed by atoms with Crippen LogP contribution in [0.3, 0.4) is 0 Å². The molecule has 2 atom stereocenters. The number of nitrogens with zero attached hydrogens (tertiary/aromatic N) is 5. The van der Waals surface area contributed by atoms with Gasteiger partial charge in [0.25, 0.3) is 11.1 Å². The summed E-state index contributed by atoms with van der Waals surface area (Å²) in [7, 11) is 7.80. The van der Waals surface area contributed by atoms with Crippen LogP contribution in [-0.2, 0) is 30.9 Å². The zero-order valence-corrected chi connectivity index (χ0v) is 40.7. The van der Waals surface area contributed by atoms with Crippen LogP contribution in [-0.4, -0.2) is 51.9 Å². The number of halogens is 5. The molecule has 0 bridgehead atoms. The summed E-state index contributed by atoms with van der Waals surface area (Å²) < 4.78 is 70.1. The molecule has 0 saturated carbocycles. The molecule has 0 aliphatic heterocycles. The second-order valence-corrected chi connectivity index (χ2v) is 15.9. The third-order valence-electron chi connectivity index (χ3n) is 11.1. The Balaban J connectivity index is 0.000000280. The molecular weight excluding hydrogens is 965 g/mol. The predicted molar refractivity (Wildman–Crippen MR) is 267 cm³/mol. The van der Waals surface area contributed by atoms with Crippen LogP contribution in [0, 0.1) is 37.1 Å². The van der Waals surface area contributed by atoms with Crippen molar-refractivity contribution in [2.24, 2.45) is 4.30 Å². The monoisotopic (exact) mass is 1020 g/mol. The Morgan fingerprint density at radius 3 is 1.35 bits per heavy atom. The van der Waals surface area contributed by atoms with Crippen LogP contribution in [0.1, 0.15) is 63.8 Å². The fraction of sp³-hybridized carbons (Fsp3) is 0.265. The number of likely N-dealkylation sites (N-methyl/N-ethyl adjacent to an activating group) is 2. The van der Waals surface area contributed by atoms with E-state index in [1.165, 1.54) is 28.2 Å². The maximum absolute atomic E-state index is 14.4. The molecule has 6 rings (SSSR count). The minimum atomic E-state index is -0.776. The summed E-state index contributed by atoms with van der Waals surface area (Å²) in [5.41, 5.74) is 0.241. The second-order valence-electron chi connectivity index (χ2n) is 15.1. The van der Waals surface area contributed by atoms with Crippen LogP contribution < -0.4 is 33.1 Å². The number of thiol groups is 1. The number of hydrogen-bond donors (Lipinski definition) is 3. The molecule has 12 nitrogen and oxygen atoms in total. The number of benzene rings is 4. The summed E-state index contributed by atoms with van der Waals surface area (Å²) in [6.45, 7) is 12.2. The van der Waals surface area contributed by atoms with Crippen LogP contribution >= 0.6 is 28.7 Å². The number of rotatable bonds is 17. The number of nitrogens with one attached hydrogen (secondary N) is 2. The molecule has 2 aromatic heterocycles. The van der Waals surface area contributed by atoms with E-state index in [1.54, 1.807) is 27.9 Å². The van der Waals surface area contributed by atoms with E-state index >= 15 is 0 Å². The van der Waals surface area contributed by atoms with E-state index in [2.05, 4.69) is 64.5 Å². The van der Waals surface area contributed by atoms with Gasteiger partial charge < -0.3 is 15.4 Å². The van der Waals surface area contributed by atoms with Crippen LogP contribution in [0.25, 0.3) is 11.3 Å². The van der Waals surface area contributed by atoms with Crippen molar-refractivity contribution in [2.45, 2.75) is 59.0 Å². The Labute approximate surface area is 406 Å². The van der Waals surface area contributed by atoms with Gasteiger partial charge in [0, 0.05) is 27.8 Å². The number of aromatic nitrogens is 4. The Morgan fingerprint density at radius 2 is 1.01 bits per heavy atom. The van der Waals surface area contributed by atoms with Gasteiger partial charge in [0.15, 0.2) is 0 Å². The number of allylic oxidation sites excluding steroid dienone is 1. The third-order valence-corrected chi connectivity index (χ3v) is 11.8. The Morgan fingerprint density at radius 1 is 0.662 bits per heavy atom. The van der Waals surface area contributed by atoms with Crippen molar-refractivity contribution in [2.75, 3.05) is 26.0 Å². The molecule has 0 spiro atoms. The summed E-state index contributed by atoms with van der Waals surface area (Å²) in [6, 6.07) is 25.1. The molecule has 0 aliphatic rings. The fourth-order valence-corrected chi connectivity index (χ4v) is 7.76. The first-order valence-electron chi connectivity index (χ1n) is 21.1. The van der Waals surface area contributed by atoms with E-state index in [-0.39, 0.29) is 78.6 Å². The molecule has 1 radical (unpaired) electrons. The molecule has 19 heteroatoms. The van der Waals surface area contributed by atoms with Crippen molar-refractivity contribution in [3.05, 3.63) is 220 Å². The van der Waals surface area contributed by atoms with Crippen molar-refractivity contribution >= 4 is 47.7 Å². The second kappa shape index (κ2) is 25.8. The standard InChI is InChI=1S/C25H27F2N3O3.C24H24BrF2N3O2.BHNS/c1-5-33-17(3)23-16(2)29(14-19-20(26)12-9-13-21(19)27)25(32)30(24(23)31)15-22(28-4)18-10-7-6-8-11-18;1-15(12-25)22-16(2)29(13-18-19(26)10-7-11-20(18)27)24(32)30(23(22)31)14-21(28-3)17-8-5-4-6-9-17;1-2-3/h6-13,22,28H,3,5,14-15H2,1-2,4H3;4-11,21,28H,1,12-14H2,2-3H3;3H/t22-;21-;/m00./s1. The molecule has 0 amide bonds. The molecule has 2 N–H and O–H groups in total. The van der Waals surface area contributed by atoms with E-state index in [4.69, 9.17) is 4.74 Å². The molecule has 357 valence electrons. The van der Waals surface area contributed by atoms with Crippen LogP contribution in [0.4, 0.5) is 17.6 Å². The van der Waals surface area contributed by atoms with Gasteiger partial charge in [-0.05, 0) is 75.8 Å². The summed E-state index contributed by atoms with van der Waals surface area (Å²) in [6.07, 6.45) is 0. The van der Waals surface area contributed by atoms with Crippen molar-refractivity contribution in [3.8, 4) is 0 Å². The quantitative estimate of drug-likeness (QED) is 0.0279. The number of hydrogen-bond acceptors (Lipinski definition) is 9. The first kappa shape index (κ1) is 54.5. The van der Waals surface area contributed by atoms with Gasteiger partial charge >= 0.3 is 36.1 Å². The first-order chi connectivity index (χ1) is 32.5. The van der Waals surface area contributed by atoms with Crippen molar-refractivity contribution in [1.82, 2.24) is 28.9 Å². The van der Waals surface area contributed by atoms with Crippen LogP contribution in [0.15, 0.2) is 134 Å². The van der Waals surface area contributed by atoms with E-state index in [0.717, 1.165) is 44.5 Å². The van der Waals surface area contributed by atoms with Gasteiger partial charge in [-0.2, -0.15) is 0 Å². The van der Waals surface area contributed by atoms with Crippen molar-refractivity contribution in [3.63, 3.8) is 0 Å². The van der Waals surface area contributed by atoms with E-state index in [0.29, 0.717) is 16.6 Å². The van der Waals surface area contributed by atoms with E-state index in [1.807, 2.05) is 60.7 Å². The normalized spacial score (nSPS) is 11.6. The Bertz CT molecular complexity index is 2950. The van der Waals surface area contributed by atoms with Gasteiger partial charge in [-0.3, -0.25) is 27.9 Å². The first-order valence-corrected chi connectivity index (χ1v) is 22.6. The summed E-state index contributed by atoms with van der Waals surface area (Å²) >= 11 is 6.50. The maximum atomic E-state index is 14.4. The van der Waals surface area contributed by atoms with Gasteiger partial charge in [0.2, 0.25) is 0 Å². The molecular formula is C49H52BBrF4N7O5S. The molecule has 0 fully saturated rings. The molecule has 68 heavy (non-hydrogen) atoms. The predicted octanol–water partition coefficient (Wildman–Crippen LogP) is 7.81. The van der Waals surface area contributed by atoms with Crippen molar-refractivity contribution in [1.29, 1.82) is 0 Å². The Kier molecular flexibility index (Phi) is 20.7. The van der Waals surface area contributed by atoms with Crippen LogP contribution in [0.2, 0.25) is 0 Å². The third kappa shape index (κ3) is 12.9. The topological polar surface area (TPSA) is 134 Å². The molecule has 6 aromatic rings. The molecule has 2 heterocycles. The number of ether oxygens (including phenoxy) is 1. The molecule has 0 saturated heterocycles. The molecule has 0 unspecified atom stereocenters. The van der Waals surface area contributed by atoms with Crippen LogP contribution in [0.5, 0.6) is 0 Å². The zero-order chi connectivity index (χ0) is 50.2. The number of alkyl halides is 1.